The molecule has 1 aliphatic rings. The Balaban J connectivity index is 1.54. The Bertz CT molecular complexity index is 1030. The molecule has 3 aromatic carbocycles. The lowest BCUT2D eigenvalue weighted by molar-refractivity contribution is -0.124. The summed E-state index contributed by atoms with van der Waals surface area (Å²) in [6, 6.07) is 25.7. The highest BCUT2D eigenvalue weighted by atomic mass is 16.6. The summed E-state index contributed by atoms with van der Waals surface area (Å²) in [6.45, 7) is 0.149. The first kappa shape index (κ1) is 18.5. The molecule has 1 heterocycles. The maximum absolute atomic E-state index is 12.8. The second-order valence-corrected chi connectivity index (χ2v) is 6.50. The SMILES string of the molecule is O=C(/C=C/c1ccccc1Oc1ccccc1)N1C(=O)OC[C@@H]1c1ccccc1. The Morgan fingerprint density at radius 3 is 2.34 bits per heavy atom. The number of para-hydroxylation sites is 2. The summed E-state index contributed by atoms with van der Waals surface area (Å²) in [5.41, 5.74) is 1.58. The topological polar surface area (TPSA) is 55.8 Å². The van der Waals surface area contributed by atoms with Crippen molar-refractivity contribution in [2.75, 3.05) is 6.61 Å². The predicted molar refractivity (Wildman–Crippen MR) is 109 cm³/mol. The molecule has 0 spiro atoms. The summed E-state index contributed by atoms with van der Waals surface area (Å²) in [5, 5.41) is 0. The van der Waals surface area contributed by atoms with Crippen LogP contribution in [0.5, 0.6) is 11.5 Å². The fourth-order valence-corrected chi connectivity index (χ4v) is 3.15. The van der Waals surface area contributed by atoms with E-state index in [1.807, 2.05) is 84.9 Å². The van der Waals surface area contributed by atoms with E-state index in [4.69, 9.17) is 9.47 Å². The number of hydrogen-bond acceptors (Lipinski definition) is 4. The molecule has 1 saturated heterocycles. The Labute approximate surface area is 168 Å². The monoisotopic (exact) mass is 385 g/mol. The van der Waals surface area contributed by atoms with Crippen LogP contribution in [0.3, 0.4) is 0 Å². The summed E-state index contributed by atoms with van der Waals surface area (Å²) >= 11 is 0. The summed E-state index contributed by atoms with van der Waals surface area (Å²) < 4.78 is 11.0. The number of cyclic esters (lactones) is 1. The minimum atomic E-state index is -0.637. The Morgan fingerprint density at radius 1 is 0.931 bits per heavy atom. The molecule has 0 N–H and O–H groups in total. The average molecular weight is 385 g/mol. The standard InChI is InChI=1S/C24H19NO4/c26-23(25-21(17-28-24(25)27)18-9-3-1-4-10-18)16-15-19-11-7-8-14-22(19)29-20-12-5-2-6-13-20/h1-16,21H,17H2/b16-15+/t21-/m1/s1. The molecule has 4 rings (SSSR count). The summed E-state index contributed by atoms with van der Waals surface area (Å²) in [6.07, 6.45) is 2.38. The molecule has 1 fully saturated rings. The van der Waals surface area contributed by atoms with Crippen molar-refractivity contribution in [2.45, 2.75) is 6.04 Å². The molecule has 0 aliphatic carbocycles. The van der Waals surface area contributed by atoms with Crippen molar-refractivity contribution in [1.29, 1.82) is 0 Å². The van der Waals surface area contributed by atoms with E-state index in [1.54, 1.807) is 6.08 Å². The van der Waals surface area contributed by atoms with Crippen LogP contribution in [0.25, 0.3) is 6.08 Å². The molecule has 2 amide bonds. The van der Waals surface area contributed by atoms with Gasteiger partial charge in [0.25, 0.3) is 5.91 Å². The molecule has 5 nitrogen and oxygen atoms in total. The smallest absolute Gasteiger partial charge is 0.417 e. The van der Waals surface area contributed by atoms with Gasteiger partial charge in [-0.25, -0.2) is 9.69 Å². The first-order valence-electron chi connectivity index (χ1n) is 9.27. The Morgan fingerprint density at radius 2 is 1.59 bits per heavy atom. The van der Waals surface area contributed by atoms with E-state index in [0.717, 1.165) is 16.0 Å². The molecule has 3 aromatic rings. The van der Waals surface area contributed by atoms with Gasteiger partial charge < -0.3 is 9.47 Å². The van der Waals surface area contributed by atoms with E-state index in [9.17, 15) is 9.59 Å². The van der Waals surface area contributed by atoms with Crippen LogP contribution >= 0.6 is 0 Å². The van der Waals surface area contributed by atoms with Crippen molar-refractivity contribution in [3.63, 3.8) is 0 Å². The van der Waals surface area contributed by atoms with Gasteiger partial charge in [0.15, 0.2) is 0 Å². The van der Waals surface area contributed by atoms with Gasteiger partial charge in [0, 0.05) is 11.6 Å². The van der Waals surface area contributed by atoms with Crippen molar-refractivity contribution in [3.8, 4) is 11.5 Å². The van der Waals surface area contributed by atoms with Gasteiger partial charge in [-0.1, -0.05) is 66.7 Å². The molecule has 0 radical (unpaired) electrons. The first-order chi connectivity index (χ1) is 14.2. The molecule has 0 unspecified atom stereocenters. The normalized spacial score (nSPS) is 16.1. The molecule has 1 aliphatic heterocycles. The number of imide groups is 1. The van der Waals surface area contributed by atoms with Gasteiger partial charge in [0.1, 0.15) is 24.1 Å². The molecular weight excluding hydrogens is 366 g/mol. The number of benzene rings is 3. The van der Waals surface area contributed by atoms with Gasteiger partial charge in [-0.3, -0.25) is 4.79 Å². The van der Waals surface area contributed by atoms with E-state index >= 15 is 0 Å². The molecule has 0 aromatic heterocycles. The zero-order valence-electron chi connectivity index (χ0n) is 15.6. The van der Waals surface area contributed by atoms with Gasteiger partial charge in [-0.2, -0.15) is 0 Å². The third kappa shape index (κ3) is 4.19. The van der Waals surface area contributed by atoms with Crippen molar-refractivity contribution in [3.05, 3.63) is 102 Å². The Kier molecular flexibility index (Phi) is 5.38. The predicted octanol–water partition coefficient (Wildman–Crippen LogP) is 5.21. The van der Waals surface area contributed by atoms with Crippen LogP contribution in [-0.2, 0) is 9.53 Å². The van der Waals surface area contributed by atoms with E-state index in [-0.39, 0.29) is 6.61 Å². The second kappa shape index (κ2) is 8.44. The van der Waals surface area contributed by atoms with E-state index in [1.165, 1.54) is 6.08 Å². The highest BCUT2D eigenvalue weighted by molar-refractivity contribution is 6.02. The van der Waals surface area contributed by atoms with Crippen LogP contribution < -0.4 is 4.74 Å². The number of hydrogen-bond donors (Lipinski definition) is 0. The quantitative estimate of drug-likeness (QED) is 0.566. The van der Waals surface area contributed by atoms with Gasteiger partial charge in [0.05, 0.1) is 0 Å². The van der Waals surface area contributed by atoms with Gasteiger partial charge in [-0.15, -0.1) is 0 Å². The van der Waals surface area contributed by atoms with Crippen molar-refractivity contribution < 1.29 is 19.1 Å². The lowest BCUT2D eigenvalue weighted by Crippen LogP contribution is -2.32. The molecule has 0 bridgehead atoms. The minimum Gasteiger partial charge on any atom is -0.457 e. The fraction of sp³-hybridized carbons (Fsp3) is 0.0833. The minimum absolute atomic E-state index is 0.149. The van der Waals surface area contributed by atoms with Crippen LogP contribution in [0.4, 0.5) is 4.79 Å². The third-order valence-corrected chi connectivity index (χ3v) is 4.59. The fourth-order valence-electron chi connectivity index (χ4n) is 3.15. The largest absolute Gasteiger partial charge is 0.457 e. The zero-order chi connectivity index (χ0) is 20.1. The van der Waals surface area contributed by atoms with Crippen LogP contribution in [0.1, 0.15) is 17.2 Å². The summed E-state index contributed by atoms with van der Waals surface area (Å²) in [7, 11) is 0. The van der Waals surface area contributed by atoms with Gasteiger partial charge >= 0.3 is 6.09 Å². The lowest BCUT2D eigenvalue weighted by Gasteiger charge is -2.18. The molecule has 29 heavy (non-hydrogen) atoms. The maximum atomic E-state index is 12.8. The highest BCUT2D eigenvalue weighted by Crippen LogP contribution is 2.29. The third-order valence-electron chi connectivity index (χ3n) is 4.59. The second-order valence-electron chi connectivity index (χ2n) is 6.50. The lowest BCUT2D eigenvalue weighted by atomic mass is 10.1. The number of ether oxygens (including phenoxy) is 2. The average Bonchev–Trinajstić information content (AvgIpc) is 3.16. The van der Waals surface area contributed by atoms with Crippen molar-refractivity contribution in [1.82, 2.24) is 4.90 Å². The van der Waals surface area contributed by atoms with Crippen LogP contribution in [0, 0.1) is 0 Å². The van der Waals surface area contributed by atoms with Crippen LogP contribution in [0.2, 0.25) is 0 Å². The first-order valence-corrected chi connectivity index (χ1v) is 9.27. The van der Waals surface area contributed by atoms with E-state index in [2.05, 4.69) is 0 Å². The summed E-state index contributed by atoms with van der Waals surface area (Å²) in [4.78, 5) is 26.1. The number of carbonyl (C=O) groups excluding carboxylic acids is 2. The highest BCUT2D eigenvalue weighted by Gasteiger charge is 2.37. The van der Waals surface area contributed by atoms with Crippen molar-refractivity contribution in [2.24, 2.45) is 0 Å². The number of amides is 2. The van der Waals surface area contributed by atoms with Crippen LogP contribution in [0.15, 0.2) is 91.0 Å². The number of nitrogens with zero attached hydrogens (tertiary/aromatic N) is 1. The molecule has 5 heteroatoms. The van der Waals surface area contributed by atoms with Crippen molar-refractivity contribution >= 4 is 18.1 Å². The molecule has 0 saturated carbocycles. The Hall–Kier alpha value is -3.86. The van der Waals surface area contributed by atoms with E-state index < -0.39 is 18.0 Å². The molecule has 1 atom stereocenters. The van der Waals surface area contributed by atoms with Crippen LogP contribution in [-0.4, -0.2) is 23.5 Å². The number of rotatable bonds is 5. The van der Waals surface area contributed by atoms with Gasteiger partial charge in [-0.05, 0) is 29.8 Å². The number of carbonyl (C=O) groups is 2. The zero-order valence-corrected chi connectivity index (χ0v) is 15.6. The molecule has 144 valence electrons. The summed E-state index contributed by atoms with van der Waals surface area (Å²) in [5.74, 6) is 0.883. The maximum Gasteiger partial charge on any atom is 0.417 e. The molecular formula is C24H19NO4. The van der Waals surface area contributed by atoms with Gasteiger partial charge in [0.2, 0.25) is 0 Å². The van der Waals surface area contributed by atoms with E-state index in [0.29, 0.717) is 11.5 Å².